The van der Waals surface area contributed by atoms with Gasteiger partial charge in [0, 0.05) is 23.1 Å². The Hall–Kier alpha value is -2.14. The van der Waals surface area contributed by atoms with Gasteiger partial charge in [0.25, 0.3) is 0 Å². The zero-order chi connectivity index (χ0) is 19.3. The quantitative estimate of drug-likeness (QED) is 0.678. The number of anilines is 1. The van der Waals surface area contributed by atoms with E-state index in [9.17, 15) is 4.79 Å². The molecule has 5 nitrogen and oxygen atoms in total. The maximum atomic E-state index is 11.8. The summed E-state index contributed by atoms with van der Waals surface area (Å²) in [5, 5.41) is 3.22. The highest BCUT2D eigenvalue weighted by atomic mass is 35.5. The van der Waals surface area contributed by atoms with Crippen LogP contribution in [0.5, 0.6) is 5.75 Å². The standard InChI is InChI=1S/C20H26ClNO4/c1-13(2)12-24-17-8-6-15(21)10-14(17)11-16-7-9-18(25-16)22-19(23)26-20(3,4)5/h6-10,13H,11-12H2,1-5H3,(H,22,23). The lowest BCUT2D eigenvalue weighted by atomic mass is 10.1. The van der Waals surface area contributed by atoms with E-state index in [0.717, 1.165) is 11.3 Å². The average molecular weight is 380 g/mol. The monoisotopic (exact) mass is 379 g/mol. The molecule has 1 aromatic carbocycles. The van der Waals surface area contributed by atoms with Crippen molar-refractivity contribution in [2.24, 2.45) is 5.92 Å². The van der Waals surface area contributed by atoms with Crippen LogP contribution in [0.3, 0.4) is 0 Å². The van der Waals surface area contributed by atoms with E-state index in [1.807, 2.05) is 12.1 Å². The van der Waals surface area contributed by atoms with Crippen molar-refractivity contribution in [3.05, 3.63) is 46.7 Å². The molecule has 142 valence electrons. The normalized spacial score (nSPS) is 11.5. The number of ether oxygens (including phenoxy) is 2. The Balaban J connectivity index is 2.06. The molecule has 0 fully saturated rings. The van der Waals surface area contributed by atoms with Gasteiger partial charge >= 0.3 is 6.09 Å². The number of nitrogens with one attached hydrogen (secondary N) is 1. The summed E-state index contributed by atoms with van der Waals surface area (Å²) in [5.74, 6) is 2.22. The van der Waals surface area contributed by atoms with Crippen LogP contribution in [0.15, 0.2) is 34.7 Å². The lowest BCUT2D eigenvalue weighted by Gasteiger charge is -2.18. The number of halogens is 1. The van der Waals surface area contributed by atoms with E-state index < -0.39 is 11.7 Å². The Morgan fingerprint density at radius 3 is 2.62 bits per heavy atom. The van der Waals surface area contributed by atoms with E-state index in [1.165, 1.54) is 0 Å². The zero-order valence-corrected chi connectivity index (χ0v) is 16.6. The molecule has 0 bridgehead atoms. The molecule has 0 aliphatic rings. The van der Waals surface area contributed by atoms with E-state index in [2.05, 4.69) is 19.2 Å². The number of amides is 1. The van der Waals surface area contributed by atoms with Crippen LogP contribution in [-0.2, 0) is 11.2 Å². The van der Waals surface area contributed by atoms with Gasteiger partial charge in [-0.15, -0.1) is 0 Å². The van der Waals surface area contributed by atoms with Crippen molar-refractivity contribution < 1.29 is 18.7 Å². The van der Waals surface area contributed by atoms with Gasteiger partial charge < -0.3 is 13.9 Å². The van der Waals surface area contributed by atoms with Crippen LogP contribution in [-0.4, -0.2) is 18.3 Å². The summed E-state index contributed by atoms with van der Waals surface area (Å²) in [7, 11) is 0. The first-order valence-corrected chi connectivity index (χ1v) is 9.00. The van der Waals surface area contributed by atoms with Crippen LogP contribution in [0.25, 0.3) is 0 Å². The summed E-state index contributed by atoms with van der Waals surface area (Å²) in [6, 6.07) is 9.03. The fraction of sp³-hybridized carbons (Fsp3) is 0.450. The van der Waals surface area contributed by atoms with Gasteiger partial charge in [-0.2, -0.15) is 0 Å². The second kappa shape index (κ2) is 8.49. The summed E-state index contributed by atoms with van der Waals surface area (Å²) < 4.78 is 16.8. The van der Waals surface area contributed by atoms with Crippen molar-refractivity contribution in [1.29, 1.82) is 0 Å². The van der Waals surface area contributed by atoms with Gasteiger partial charge in [0.1, 0.15) is 17.1 Å². The minimum atomic E-state index is -0.567. The highest BCUT2D eigenvalue weighted by molar-refractivity contribution is 6.30. The predicted molar refractivity (Wildman–Crippen MR) is 103 cm³/mol. The topological polar surface area (TPSA) is 60.7 Å². The molecule has 1 heterocycles. The summed E-state index contributed by atoms with van der Waals surface area (Å²) in [6.07, 6.45) is -0.0496. The summed E-state index contributed by atoms with van der Waals surface area (Å²) in [5.41, 5.74) is 0.361. The van der Waals surface area contributed by atoms with Crippen LogP contribution >= 0.6 is 11.6 Å². The van der Waals surface area contributed by atoms with Crippen molar-refractivity contribution in [2.45, 2.75) is 46.6 Å². The first-order chi connectivity index (χ1) is 12.1. The van der Waals surface area contributed by atoms with Gasteiger partial charge in [0.05, 0.1) is 6.61 Å². The third kappa shape index (κ3) is 6.64. The predicted octanol–water partition coefficient (Wildman–Crippen LogP) is 5.91. The smallest absolute Gasteiger partial charge is 0.414 e. The molecule has 1 N–H and O–H groups in total. The van der Waals surface area contributed by atoms with Crippen LogP contribution < -0.4 is 10.1 Å². The van der Waals surface area contributed by atoms with E-state index >= 15 is 0 Å². The fourth-order valence-electron chi connectivity index (χ4n) is 2.22. The Labute approximate surface area is 159 Å². The molecule has 6 heteroatoms. The lowest BCUT2D eigenvalue weighted by Crippen LogP contribution is -2.27. The largest absolute Gasteiger partial charge is 0.493 e. The maximum Gasteiger partial charge on any atom is 0.414 e. The molecule has 26 heavy (non-hydrogen) atoms. The molecular formula is C20H26ClNO4. The Bertz CT molecular complexity index is 747. The van der Waals surface area contributed by atoms with Crippen LogP contribution in [0.2, 0.25) is 5.02 Å². The molecule has 0 aliphatic carbocycles. The van der Waals surface area contributed by atoms with Gasteiger partial charge in [0.15, 0.2) is 0 Å². The maximum absolute atomic E-state index is 11.8. The summed E-state index contributed by atoms with van der Waals surface area (Å²) in [4.78, 5) is 11.8. The van der Waals surface area contributed by atoms with E-state index in [1.54, 1.807) is 39.0 Å². The van der Waals surface area contributed by atoms with Crippen molar-refractivity contribution in [2.75, 3.05) is 11.9 Å². The Morgan fingerprint density at radius 2 is 1.96 bits per heavy atom. The van der Waals surface area contributed by atoms with Crippen molar-refractivity contribution in [3.63, 3.8) is 0 Å². The van der Waals surface area contributed by atoms with Gasteiger partial charge in [-0.05, 0) is 51.0 Å². The minimum absolute atomic E-state index is 0.334. The van der Waals surface area contributed by atoms with Crippen molar-refractivity contribution >= 4 is 23.6 Å². The zero-order valence-electron chi connectivity index (χ0n) is 15.9. The average Bonchev–Trinajstić information content (AvgIpc) is 2.91. The van der Waals surface area contributed by atoms with Gasteiger partial charge in [0.2, 0.25) is 5.88 Å². The van der Waals surface area contributed by atoms with Crippen LogP contribution in [0.4, 0.5) is 10.7 Å². The molecule has 0 saturated carbocycles. The number of carbonyl (C=O) groups is 1. The molecule has 2 rings (SSSR count). The highest BCUT2D eigenvalue weighted by Crippen LogP contribution is 2.27. The number of hydrogen-bond acceptors (Lipinski definition) is 4. The molecular weight excluding hydrogens is 354 g/mol. The van der Waals surface area contributed by atoms with Crippen LogP contribution in [0.1, 0.15) is 45.9 Å². The van der Waals surface area contributed by atoms with Gasteiger partial charge in [-0.25, -0.2) is 4.79 Å². The third-order valence-corrected chi connectivity index (χ3v) is 3.48. The molecule has 0 saturated heterocycles. The first kappa shape index (κ1) is 20.2. The Kier molecular flexibility index (Phi) is 6.59. The van der Waals surface area contributed by atoms with E-state index in [-0.39, 0.29) is 0 Å². The fourth-order valence-corrected chi connectivity index (χ4v) is 2.41. The number of benzene rings is 1. The van der Waals surface area contributed by atoms with Crippen molar-refractivity contribution in [1.82, 2.24) is 0 Å². The number of furan rings is 1. The van der Waals surface area contributed by atoms with Gasteiger partial charge in [-0.3, -0.25) is 5.32 Å². The first-order valence-electron chi connectivity index (χ1n) is 8.62. The molecule has 0 radical (unpaired) electrons. The molecule has 0 spiro atoms. The highest BCUT2D eigenvalue weighted by Gasteiger charge is 2.17. The molecule has 0 aliphatic heterocycles. The van der Waals surface area contributed by atoms with Crippen molar-refractivity contribution in [3.8, 4) is 5.75 Å². The second-order valence-corrected chi connectivity index (χ2v) is 7.96. The van der Waals surface area contributed by atoms with Gasteiger partial charge in [-0.1, -0.05) is 25.4 Å². The third-order valence-electron chi connectivity index (χ3n) is 3.25. The molecule has 2 aromatic rings. The molecule has 1 amide bonds. The summed E-state index contributed by atoms with van der Waals surface area (Å²) >= 11 is 6.12. The minimum Gasteiger partial charge on any atom is -0.493 e. The van der Waals surface area contributed by atoms with E-state index in [0.29, 0.717) is 35.6 Å². The SMILES string of the molecule is CC(C)COc1ccc(Cl)cc1Cc1ccc(NC(=O)OC(C)(C)C)o1. The summed E-state index contributed by atoms with van der Waals surface area (Å²) in [6.45, 7) is 10.2. The number of hydrogen-bond donors (Lipinski definition) is 1. The molecule has 0 unspecified atom stereocenters. The number of rotatable bonds is 6. The molecule has 1 aromatic heterocycles. The van der Waals surface area contributed by atoms with Crippen LogP contribution in [0, 0.1) is 5.92 Å². The lowest BCUT2D eigenvalue weighted by molar-refractivity contribution is 0.0632. The second-order valence-electron chi connectivity index (χ2n) is 7.53. The number of carbonyl (C=O) groups excluding carboxylic acids is 1. The Morgan fingerprint density at radius 1 is 1.23 bits per heavy atom. The van der Waals surface area contributed by atoms with E-state index in [4.69, 9.17) is 25.5 Å². The molecule has 0 atom stereocenters.